The van der Waals surface area contributed by atoms with E-state index in [-0.39, 0.29) is 11.3 Å². The molecular formula is C20H31N3O4S. The van der Waals surface area contributed by atoms with Crippen LogP contribution in [-0.4, -0.2) is 94.0 Å². The van der Waals surface area contributed by atoms with Gasteiger partial charge < -0.3 is 28.9 Å². The average molecular weight is 410 g/mol. The van der Waals surface area contributed by atoms with E-state index in [2.05, 4.69) is 16.8 Å². The molecule has 1 atom stereocenters. The second-order valence-electron chi connectivity index (χ2n) is 7.21. The van der Waals surface area contributed by atoms with Gasteiger partial charge in [0.15, 0.2) is 11.5 Å². The van der Waals surface area contributed by atoms with Crippen LogP contribution in [0.25, 0.3) is 0 Å². The van der Waals surface area contributed by atoms with Crippen LogP contribution in [0.2, 0.25) is 0 Å². The number of ether oxygens (including phenoxy) is 3. The minimum atomic E-state index is -0.0197. The molecule has 1 aromatic carbocycles. The van der Waals surface area contributed by atoms with E-state index >= 15 is 0 Å². The Morgan fingerprint density at radius 1 is 1.00 bits per heavy atom. The van der Waals surface area contributed by atoms with Crippen molar-refractivity contribution in [2.75, 3.05) is 73.4 Å². The van der Waals surface area contributed by atoms with Crippen LogP contribution in [0.15, 0.2) is 12.1 Å². The summed E-state index contributed by atoms with van der Waals surface area (Å²) in [4.78, 5) is 19.3. The summed E-state index contributed by atoms with van der Waals surface area (Å²) in [6.45, 7) is 6.24. The molecule has 0 aliphatic carbocycles. The van der Waals surface area contributed by atoms with Crippen molar-refractivity contribution in [1.29, 1.82) is 0 Å². The highest BCUT2D eigenvalue weighted by Gasteiger charge is 2.33. The van der Waals surface area contributed by atoms with Crippen LogP contribution in [0.5, 0.6) is 17.2 Å². The Hall–Kier alpha value is -1.64. The summed E-state index contributed by atoms with van der Waals surface area (Å²) in [7, 11) is 6.99. The maximum Gasteiger partial charge on any atom is 0.233 e. The normalized spacial score (nSPS) is 21.2. The van der Waals surface area contributed by atoms with Gasteiger partial charge in [0.05, 0.1) is 27.1 Å². The second kappa shape index (κ2) is 9.71. The van der Waals surface area contributed by atoms with Gasteiger partial charge in [0, 0.05) is 32.7 Å². The first-order valence-corrected chi connectivity index (χ1v) is 10.7. The molecule has 0 radical (unpaired) electrons. The fraction of sp³-hybridized carbons (Fsp3) is 0.650. The van der Waals surface area contributed by atoms with Crippen LogP contribution in [-0.2, 0) is 4.79 Å². The third kappa shape index (κ3) is 4.67. The van der Waals surface area contributed by atoms with E-state index in [1.165, 1.54) is 0 Å². The molecule has 2 heterocycles. The molecule has 2 fully saturated rings. The van der Waals surface area contributed by atoms with Gasteiger partial charge >= 0.3 is 0 Å². The van der Waals surface area contributed by atoms with Gasteiger partial charge in [0.2, 0.25) is 11.7 Å². The van der Waals surface area contributed by atoms with Crippen molar-refractivity contribution in [2.45, 2.75) is 11.8 Å². The van der Waals surface area contributed by atoms with Crippen LogP contribution < -0.4 is 14.2 Å². The van der Waals surface area contributed by atoms with Crippen molar-refractivity contribution in [1.82, 2.24) is 14.7 Å². The molecule has 2 aliphatic heterocycles. The van der Waals surface area contributed by atoms with Crippen LogP contribution in [0.1, 0.15) is 17.4 Å². The molecule has 0 saturated carbocycles. The van der Waals surface area contributed by atoms with Crippen molar-refractivity contribution in [3.8, 4) is 17.2 Å². The van der Waals surface area contributed by atoms with Crippen molar-refractivity contribution >= 4 is 17.7 Å². The number of thioether (sulfide) groups is 1. The van der Waals surface area contributed by atoms with Gasteiger partial charge in [-0.25, -0.2) is 0 Å². The van der Waals surface area contributed by atoms with Crippen molar-refractivity contribution < 1.29 is 19.0 Å². The first kappa shape index (κ1) is 21.1. The number of hydrogen-bond acceptors (Lipinski definition) is 7. The van der Waals surface area contributed by atoms with E-state index in [4.69, 9.17) is 14.2 Å². The Bertz CT molecular complexity index is 654. The van der Waals surface area contributed by atoms with E-state index in [1.54, 1.807) is 33.1 Å². The van der Waals surface area contributed by atoms with E-state index in [0.29, 0.717) is 23.0 Å². The van der Waals surface area contributed by atoms with Crippen molar-refractivity contribution in [2.24, 2.45) is 0 Å². The number of methoxy groups -OCH3 is 3. The minimum absolute atomic E-state index is 0.0197. The zero-order valence-electron chi connectivity index (χ0n) is 17.3. The number of hydrogen-bond donors (Lipinski definition) is 0. The van der Waals surface area contributed by atoms with Gasteiger partial charge in [-0.1, -0.05) is 0 Å². The Labute approximate surface area is 171 Å². The standard InChI is InChI=1S/C20H31N3O4S/c1-21-8-10-22(11-9-21)6-5-7-23-18(24)14-28-20(23)15-12-16(25-2)19(27-4)17(13-15)26-3/h12-13,20H,5-11,14H2,1-4H3. The highest BCUT2D eigenvalue weighted by Crippen LogP contribution is 2.45. The summed E-state index contributed by atoms with van der Waals surface area (Å²) < 4.78 is 16.4. The van der Waals surface area contributed by atoms with Gasteiger partial charge in [-0.2, -0.15) is 0 Å². The monoisotopic (exact) mass is 409 g/mol. The van der Waals surface area contributed by atoms with Crippen LogP contribution in [0.3, 0.4) is 0 Å². The summed E-state index contributed by atoms with van der Waals surface area (Å²) in [5, 5.41) is -0.0197. The molecule has 1 aromatic rings. The SMILES string of the molecule is COc1cc(C2SCC(=O)N2CCCN2CCN(C)CC2)cc(OC)c1OC. The highest BCUT2D eigenvalue weighted by atomic mass is 32.2. The molecule has 7 nitrogen and oxygen atoms in total. The predicted molar refractivity (Wildman–Crippen MR) is 112 cm³/mol. The molecule has 0 bridgehead atoms. The van der Waals surface area contributed by atoms with Crippen LogP contribution in [0.4, 0.5) is 0 Å². The molecule has 156 valence electrons. The Kier molecular flexibility index (Phi) is 7.31. The van der Waals surface area contributed by atoms with Crippen molar-refractivity contribution in [3.63, 3.8) is 0 Å². The zero-order valence-corrected chi connectivity index (χ0v) is 18.1. The number of benzene rings is 1. The fourth-order valence-corrected chi connectivity index (χ4v) is 4.95. The van der Waals surface area contributed by atoms with Gasteiger partial charge in [0.1, 0.15) is 5.37 Å². The van der Waals surface area contributed by atoms with Crippen molar-refractivity contribution in [3.05, 3.63) is 17.7 Å². The number of carbonyl (C=O) groups is 1. The Balaban J connectivity index is 1.68. The lowest BCUT2D eigenvalue weighted by atomic mass is 10.1. The molecule has 2 aliphatic rings. The third-order valence-electron chi connectivity index (χ3n) is 5.41. The molecule has 8 heteroatoms. The zero-order chi connectivity index (χ0) is 20.1. The smallest absolute Gasteiger partial charge is 0.233 e. The van der Waals surface area contributed by atoms with Crippen LogP contribution >= 0.6 is 11.8 Å². The minimum Gasteiger partial charge on any atom is -0.493 e. The van der Waals surface area contributed by atoms with Gasteiger partial charge in [-0.3, -0.25) is 4.79 Å². The number of rotatable bonds is 8. The number of amides is 1. The fourth-order valence-electron chi connectivity index (χ4n) is 3.75. The maximum absolute atomic E-state index is 12.5. The summed E-state index contributed by atoms with van der Waals surface area (Å²) >= 11 is 1.65. The molecule has 28 heavy (non-hydrogen) atoms. The Morgan fingerprint density at radius 3 is 2.21 bits per heavy atom. The average Bonchev–Trinajstić information content (AvgIpc) is 3.08. The summed E-state index contributed by atoms with van der Waals surface area (Å²) in [5.74, 6) is 2.52. The quantitative estimate of drug-likeness (QED) is 0.650. The lowest BCUT2D eigenvalue weighted by molar-refractivity contribution is -0.128. The van der Waals surface area contributed by atoms with E-state index in [1.807, 2.05) is 17.0 Å². The Morgan fingerprint density at radius 2 is 1.64 bits per heavy atom. The number of carbonyl (C=O) groups excluding carboxylic acids is 1. The summed E-state index contributed by atoms with van der Waals surface area (Å²) in [6, 6.07) is 3.90. The van der Waals surface area contributed by atoms with Gasteiger partial charge in [-0.15, -0.1) is 11.8 Å². The first-order chi connectivity index (χ1) is 13.6. The summed E-state index contributed by atoms with van der Waals surface area (Å²) in [5.41, 5.74) is 1.00. The number of likely N-dealkylation sites (N-methyl/N-ethyl adjacent to an activating group) is 1. The van der Waals surface area contributed by atoms with E-state index in [0.717, 1.165) is 51.3 Å². The number of nitrogens with zero attached hydrogens (tertiary/aromatic N) is 3. The molecule has 1 unspecified atom stereocenters. The van der Waals surface area contributed by atoms with Gasteiger partial charge in [0.25, 0.3) is 0 Å². The molecule has 1 amide bonds. The highest BCUT2D eigenvalue weighted by molar-refractivity contribution is 8.00. The topological polar surface area (TPSA) is 54.5 Å². The molecule has 3 rings (SSSR count). The lowest BCUT2D eigenvalue weighted by Crippen LogP contribution is -2.45. The number of piperazine rings is 1. The molecule has 0 spiro atoms. The van der Waals surface area contributed by atoms with Crippen LogP contribution in [0, 0.1) is 0 Å². The van der Waals surface area contributed by atoms with E-state index in [9.17, 15) is 4.79 Å². The molecule has 2 saturated heterocycles. The molecular weight excluding hydrogens is 378 g/mol. The first-order valence-electron chi connectivity index (χ1n) is 9.69. The predicted octanol–water partition coefficient (Wildman–Crippen LogP) is 1.92. The van der Waals surface area contributed by atoms with Gasteiger partial charge in [-0.05, 0) is 37.7 Å². The molecule has 0 aromatic heterocycles. The third-order valence-corrected chi connectivity index (χ3v) is 6.67. The largest absolute Gasteiger partial charge is 0.493 e. The summed E-state index contributed by atoms with van der Waals surface area (Å²) in [6.07, 6.45) is 0.983. The lowest BCUT2D eigenvalue weighted by Gasteiger charge is -2.33. The van der Waals surface area contributed by atoms with E-state index < -0.39 is 0 Å². The second-order valence-corrected chi connectivity index (χ2v) is 8.28. The maximum atomic E-state index is 12.5. The molecule has 0 N–H and O–H groups in total.